The normalized spacial score (nSPS) is 15.4. The zero-order chi connectivity index (χ0) is 22.4. The smallest absolute Gasteiger partial charge is 0.296 e. The van der Waals surface area contributed by atoms with Crippen molar-refractivity contribution in [1.29, 1.82) is 0 Å². The minimum absolute atomic E-state index is 0.0249. The summed E-state index contributed by atoms with van der Waals surface area (Å²) in [4.78, 5) is 28.6. The number of ether oxygens (including phenoxy) is 1. The quantitative estimate of drug-likeness (QED) is 0.446. The minimum Gasteiger partial charge on any atom is -0.494 e. The Morgan fingerprint density at radius 1 is 1.09 bits per heavy atom. The number of carbonyl (C=O) groups is 1. The van der Waals surface area contributed by atoms with Crippen molar-refractivity contribution >= 4 is 22.7 Å². The first kappa shape index (κ1) is 20.1. The predicted octanol–water partition coefficient (Wildman–Crippen LogP) is 4.94. The molecule has 1 atom stereocenters. The molecule has 0 saturated carbocycles. The Morgan fingerprint density at radius 2 is 1.94 bits per heavy atom. The van der Waals surface area contributed by atoms with E-state index in [1.807, 2.05) is 44.2 Å². The second-order valence-electron chi connectivity index (χ2n) is 7.97. The van der Waals surface area contributed by atoms with E-state index in [0.29, 0.717) is 40.5 Å². The molecular weight excluding hydrogens is 408 g/mol. The number of rotatable bonds is 5. The van der Waals surface area contributed by atoms with E-state index < -0.39 is 11.9 Å². The Balaban J connectivity index is 1.76. The molecule has 7 heteroatoms. The van der Waals surface area contributed by atoms with Crippen molar-refractivity contribution in [3.05, 3.63) is 87.0 Å². The summed E-state index contributed by atoms with van der Waals surface area (Å²) < 4.78 is 17.0. The van der Waals surface area contributed by atoms with Gasteiger partial charge in [0.15, 0.2) is 11.2 Å². The molecule has 4 aromatic rings. The van der Waals surface area contributed by atoms with Gasteiger partial charge in [-0.2, -0.15) is 0 Å². The van der Waals surface area contributed by atoms with Crippen molar-refractivity contribution in [3.63, 3.8) is 0 Å². The number of hydrogen-bond donors (Lipinski definition) is 0. The molecule has 1 aliphatic rings. The van der Waals surface area contributed by atoms with Crippen LogP contribution in [0.3, 0.4) is 0 Å². The summed E-state index contributed by atoms with van der Waals surface area (Å²) in [7, 11) is 0. The fourth-order valence-electron chi connectivity index (χ4n) is 4.10. The molecule has 0 fully saturated rings. The largest absolute Gasteiger partial charge is 0.494 e. The van der Waals surface area contributed by atoms with Crippen LogP contribution >= 0.6 is 0 Å². The number of aryl methyl sites for hydroxylation is 2. The third-order valence-corrected chi connectivity index (χ3v) is 5.53. The van der Waals surface area contributed by atoms with Gasteiger partial charge in [-0.15, -0.1) is 0 Å². The van der Waals surface area contributed by atoms with Crippen LogP contribution in [0.5, 0.6) is 5.75 Å². The lowest BCUT2D eigenvalue weighted by atomic mass is 9.98. The van der Waals surface area contributed by atoms with Gasteiger partial charge in [-0.3, -0.25) is 14.5 Å². The van der Waals surface area contributed by atoms with Crippen molar-refractivity contribution in [2.24, 2.45) is 0 Å². The number of aromatic nitrogens is 1. The second kappa shape index (κ2) is 7.67. The third-order valence-electron chi connectivity index (χ3n) is 5.53. The van der Waals surface area contributed by atoms with Gasteiger partial charge in [0.25, 0.3) is 5.91 Å². The number of hydrogen-bond acceptors (Lipinski definition) is 6. The molecule has 0 N–H and O–H groups in total. The van der Waals surface area contributed by atoms with Crippen LogP contribution in [0.4, 0.5) is 5.82 Å². The second-order valence-corrected chi connectivity index (χ2v) is 7.97. The average Bonchev–Trinajstić information content (AvgIpc) is 3.34. The van der Waals surface area contributed by atoms with Gasteiger partial charge in [0.05, 0.1) is 23.6 Å². The van der Waals surface area contributed by atoms with Crippen molar-refractivity contribution in [3.8, 4) is 5.75 Å². The number of amides is 1. The van der Waals surface area contributed by atoms with E-state index >= 15 is 0 Å². The molecule has 3 heterocycles. The number of carbonyl (C=O) groups excluding carboxylic acids is 1. The summed E-state index contributed by atoms with van der Waals surface area (Å²) in [6, 6.07) is 13.7. The third kappa shape index (κ3) is 3.17. The van der Waals surface area contributed by atoms with Gasteiger partial charge in [0.1, 0.15) is 17.1 Å². The number of nitrogens with zero attached hydrogens (tertiary/aromatic N) is 2. The fraction of sp³-hybridized carbons (Fsp3) is 0.240. The highest BCUT2D eigenvalue weighted by Gasteiger charge is 2.45. The molecule has 0 unspecified atom stereocenters. The molecule has 162 valence electrons. The molecule has 0 bridgehead atoms. The minimum atomic E-state index is -0.715. The monoisotopic (exact) mass is 430 g/mol. The highest BCUT2D eigenvalue weighted by molar-refractivity contribution is 6.10. The molecule has 2 aromatic carbocycles. The van der Waals surface area contributed by atoms with Gasteiger partial charge in [-0.1, -0.05) is 35.8 Å². The van der Waals surface area contributed by atoms with Crippen LogP contribution < -0.4 is 15.1 Å². The number of fused-ring (bicyclic) bond motifs is 2. The lowest BCUT2D eigenvalue weighted by Crippen LogP contribution is -2.29. The molecule has 0 radical (unpaired) electrons. The summed E-state index contributed by atoms with van der Waals surface area (Å²) in [5.74, 6) is 1.14. The molecular formula is C25H22N2O5. The predicted molar refractivity (Wildman–Crippen MR) is 119 cm³/mol. The van der Waals surface area contributed by atoms with E-state index in [4.69, 9.17) is 13.7 Å². The van der Waals surface area contributed by atoms with Gasteiger partial charge in [-0.25, -0.2) is 0 Å². The standard InChI is InChI=1S/C25H22N2O5/c1-4-10-30-17-7-5-6-16(13-17)22-21-23(28)18-11-14(2)8-9-19(18)31-24(21)25(29)27(22)20-12-15(3)32-26-20/h5-9,11-13,22H,4,10H2,1-3H3/t22-/m1/s1. The molecule has 32 heavy (non-hydrogen) atoms. The Bertz CT molecular complexity index is 1400. The molecule has 1 aliphatic heterocycles. The Kier molecular flexibility index (Phi) is 4.81. The first-order valence-electron chi connectivity index (χ1n) is 10.5. The van der Waals surface area contributed by atoms with E-state index in [1.165, 1.54) is 4.90 Å². The summed E-state index contributed by atoms with van der Waals surface area (Å²) >= 11 is 0. The Labute approximate surface area is 184 Å². The Morgan fingerprint density at radius 3 is 2.69 bits per heavy atom. The van der Waals surface area contributed by atoms with E-state index in [0.717, 1.165) is 17.5 Å². The highest BCUT2D eigenvalue weighted by Crippen LogP contribution is 2.41. The summed E-state index contributed by atoms with van der Waals surface area (Å²) in [6.07, 6.45) is 0.869. The van der Waals surface area contributed by atoms with Gasteiger partial charge < -0.3 is 13.7 Å². The highest BCUT2D eigenvalue weighted by atomic mass is 16.5. The maximum Gasteiger partial charge on any atom is 0.296 e. The van der Waals surface area contributed by atoms with E-state index in [1.54, 1.807) is 25.1 Å². The molecule has 1 amide bonds. The summed E-state index contributed by atoms with van der Waals surface area (Å²) in [5.41, 5.74) is 2.10. The summed E-state index contributed by atoms with van der Waals surface area (Å²) in [6.45, 7) is 6.26. The van der Waals surface area contributed by atoms with Gasteiger partial charge >= 0.3 is 0 Å². The van der Waals surface area contributed by atoms with Crippen LogP contribution in [-0.2, 0) is 0 Å². The maximum atomic E-state index is 13.6. The SMILES string of the molecule is CCCOc1cccc([C@@H]2c3c(oc4ccc(C)cc4c3=O)C(=O)N2c2cc(C)on2)c1. The molecule has 5 rings (SSSR count). The first-order valence-corrected chi connectivity index (χ1v) is 10.5. The van der Waals surface area contributed by atoms with Crippen molar-refractivity contribution in [2.75, 3.05) is 11.5 Å². The average molecular weight is 430 g/mol. The van der Waals surface area contributed by atoms with E-state index in [-0.39, 0.29) is 11.2 Å². The lowest BCUT2D eigenvalue weighted by Gasteiger charge is -2.22. The van der Waals surface area contributed by atoms with Crippen LogP contribution in [0.15, 0.2) is 62.3 Å². The molecule has 0 aliphatic carbocycles. The molecule has 2 aromatic heterocycles. The first-order chi connectivity index (χ1) is 15.5. The van der Waals surface area contributed by atoms with Crippen LogP contribution in [0.2, 0.25) is 0 Å². The zero-order valence-electron chi connectivity index (χ0n) is 18.0. The van der Waals surface area contributed by atoms with Crippen LogP contribution in [-0.4, -0.2) is 17.7 Å². The van der Waals surface area contributed by atoms with Gasteiger partial charge in [0, 0.05) is 6.07 Å². The molecule has 0 spiro atoms. The van der Waals surface area contributed by atoms with Crippen molar-refractivity contribution in [1.82, 2.24) is 5.16 Å². The van der Waals surface area contributed by atoms with Crippen LogP contribution in [0, 0.1) is 13.8 Å². The maximum absolute atomic E-state index is 13.6. The lowest BCUT2D eigenvalue weighted by molar-refractivity contribution is 0.0969. The van der Waals surface area contributed by atoms with Crippen molar-refractivity contribution in [2.45, 2.75) is 33.2 Å². The van der Waals surface area contributed by atoms with E-state index in [9.17, 15) is 9.59 Å². The van der Waals surface area contributed by atoms with Crippen LogP contribution in [0.25, 0.3) is 11.0 Å². The van der Waals surface area contributed by atoms with Crippen LogP contribution in [0.1, 0.15) is 52.4 Å². The molecule has 7 nitrogen and oxygen atoms in total. The Hall–Kier alpha value is -3.87. The van der Waals surface area contributed by atoms with Gasteiger partial charge in [0.2, 0.25) is 5.76 Å². The van der Waals surface area contributed by atoms with E-state index in [2.05, 4.69) is 5.16 Å². The molecule has 0 saturated heterocycles. The van der Waals surface area contributed by atoms with Gasteiger partial charge in [-0.05, 0) is 50.1 Å². The summed E-state index contributed by atoms with van der Waals surface area (Å²) in [5, 5.41) is 4.49. The number of anilines is 1. The fourth-order valence-corrected chi connectivity index (χ4v) is 4.10. The topological polar surface area (TPSA) is 85.8 Å². The number of benzene rings is 2. The zero-order valence-corrected chi connectivity index (χ0v) is 18.0. The van der Waals surface area contributed by atoms with Crippen molar-refractivity contribution < 1.29 is 18.5 Å².